The zero-order valence-electron chi connectivity index (χ0n) is 20.8. The van der Waals surface area contributed by atoms with E-state index in [0.717, 1.165) is 0 Å². The van der Waals surface area contributed by atoms with Crippen molar-refractivity contribution in [2.45, 2.75) is 38.8 Å². The van der Waals surface area contributed by atoms with Crippen LogP contribution in [0, 0.1) is 10.1 Å². The number of halogens is 1. The minimum absolute atomic E-state index is 0.00102. The second-order valence-corrected chi connectivity index (χ2v) is 9.96. The van der Waals surface area contributed by atoms with E-state index >= 15 is 0 Å². The second-order valence-electron chi connectivity index (χ2n) is 9.52. The standard InChI is InChI=1S/C24H24ClN7O6/c1-24(2,3)38-23(35)20(12-15-4-7-17(8-5-15)32(36)37)30-11-10-29(21(33)22(30)34)19-13-16(25)6-9-18(19)31-14-26-27-28-31/h4-9,13-14,20H,10-12H2,1-3H3/t20-/m0/s1. The summed E-state index contributed by atoms with van der Waals surface area (Å²) < 4.78 is 6.90. The van der Waals surface area contributed by atoms with Gasteiger partial charge in [0.25, 0.3) is 5.69 Å². The van der Waals surface area contributed by atoms with Gasteiger partial charge in [-0.25, -0.2) is 4.79 Å². The average Bonchev–Trinajstić information content (AvgIpc) is 3.38. The molecule has 2 heterocycles. The summed E-state index contributed by atoms with van der Waals surface area (Å²) in [5, 5.41) is 22.4. The fourth-order valence-corrected chi connectivity index (χ4v) is 4.19. The quantitative estimate of drug-likeness (QED) is 0.190. The van der Waals surface area contributed by atoms with Crippen LogP contribution in [-0.4, -0.2) is 72.5 Å². The number of piperazine rings is 1. The summed E-state index contributed by atoms with van der Waals surface area (Å²) in [5.41, 5.74) is 0.365. The van der Waals surface area contributed by atoms with Crippen molar-refractivity contribution in [3.63, 3.8) is 0 Å². The Balaban J connectivity index is 1.63. The molecule has 4 rings (SSSR count). The molecule has 2 aromatic carbocycles. The Morgan fingerprint density at radius 2 is 1.82 bits per heavy atom. The van der Waals surface area contributed by atoms with Crippen molar-refractivity contribution in [3.8, 4) is 5.69 Å². The molecule has 0 unspecified atom stereocenters. The number of esters is 1. The van der Waals surface area contributed by atoms with Crippen LogP contribution in [-0.2, 0) is 25.5 Å². The number of nitro groups is 1. The number of anilines is 1. The van der Waals surface area contributed by atoms with Gasteiger partial charge >= 0.3 is 17.8 Å². The highest BCUT2D eigenvalue weighted by Gasteiger charge is 2.42. The summed E-state index contributed by atoms with van der Waals surface area (Å²) in [7, 11) is 0. The molecule has 1 fully saturated rings. The van der Waals surface area contributed by atoms with E-state index in [4.69, 9.17) is 16.3 Å². The molecule has 3 aromatic rings. The molecule has 13 nitrogen and oxygen atoms in total. The number of hydrogen-bond donors (Lipinski definition) is 0. The predicted molar refractivity (Wildman–Crippen MR) is 135 cm³/mol. The van der Waals surface area contributed by atoms with Crippen LogP contribution in [0.2, 0.25) is 5.02 Å². The molecule has 1 saturated heterocycles. The number of tetrazole rings is 1. The van der Waals surface area contributed by atoms with E-state index in [2.05, 4.69) is 15.5 Å². The number of benzene rings is 2. The van der Waals surface area contributed by atoms with Gasteiger partial charge in [-0.05, 0) is 55.0 Å². The predicted octanol–water partition coefficient (Wildman–Crippen LogP) is 2.35. The van der Waals surface area contributed by atoms with Gasteiger partial charge in [0.2, 0.25) is 0 Å². The van der Waals surface area contributed by atoms with Crippen LogP contribution in [0.3, 0.4) is 0 Å². The van der Waals surface area contributed by atoms with E-state index < -0.39 is 34.3 Å². The maximum absolute atomic E-state index is 13.4. The number of aromatic nitrogens is 4. The molecule has 0 N–H and O–H groups in total. The highest BCUT2D eigenvalue weighted by Crippen LogP contribution is 2.30. The highest BCUT2D eigenvalue weighted by molar-refractivity contribution is 6.41. The number of non-ortho nitro benzene ring substituents is 1. The van der Waals surface area contributed by atoms with Crippen LogP contribution in [0.25, 0.3) is 5.69 Å². The molecule has 0 bridgehead atoms. The first kappa shape index (κ1) is 26.7. The SMILES string of the molecule is CC(C)(C)OC(=O)[C@H](Cc1ccc([N+](=O)[O-])cc1)N1CCN(c2cc(Cl)ccc2-n2cnnn2)C(=O)C1=O. The maximum atomic E-state index is 13.4. The van der Waals surface area contributed by atoms with E-state index in [1.807, 2.05) is 0 Å². The van der Waals surface area contributed by atoms with Gasteiger partial charge in [0.05, 0.1) is 16.3 Å². The van der Waals surface area contributed by atoms with Gasteiger partial charge in [-0.15, -0.1) is 5.10 Å². The second kappa shape index (κ2) is 10.5. The van der Waals surface area contributed by atoms with Gasteiger partial charge in [-0.3, -0.25) is 19.7 Å². The molecule has 1 aromatic heterocycles. The van der Waals surface area contributed by atoms with E-state index in [1.54, 1.807) is 32.9 Å². The number of carbonyl (C=O) groups is 3. The Labute approximate surface area is 222 Å². The van der Waals surface area contributed by atoms with Crippen molar-refractivity contribution >= 4 is 40.8 Å². The number of rotatable bonds is 7. The third kappa shape index (κ3) is 5.78. The Kier molecular flexibility index (Phi) is 7.39. The lowest BCUT2D eigenvalue weighted by Gasteiger charge is -2.38. The van der Waals surface area contributed by atoms with Gasteiger partial charge in [0.15, 0.2) is 0 Å². The zero-order valence-corrected chi connectivity index (χ0v) is 21.5. The lowest BCUT2D eigenvalue weighted by atomic mass is 10.0. The first-order chi connectivity index (χ1) is 17.9. The van der Waals surface area contributed by atoms with Gasteiger partial charge in [-0.1, -0.05) is 23.7 Å². The zero-order chi connectivity index (χ0) is 27.6. The third-order valence-electron chi connectivity index (χ3n) is 5.71. The Hall–Kier alpha value is -4.39. The molecule has 198 valence electrons. The molecule has 0 aliphatic carbocycles. The Morgan fingerprint density at radius 1 is 1.11 bits per heavy atom. The monoisotopic (exact) mass is 541 g/mol. The molecule has 0 radical (unpaired) electrons. The molecule has 1 aliphatic rings. The summed E-state index contributed by atoms with van der Waals surface area (Å²) >= 11 is 6.19. The first-order valence-electron chi connectivity index (χ1n) is 11.6. The van der Waals surface area contributed by atoms with Crippen LogP contribution in [0.5, 0.6) is 0 Å². The molecule has 1 aliphatic heterocycles. The van der Waals surface area contributed by atoms with Crippen LogP contribution < -0.4 is 4.90 Å². The summed E-state index contributed by atoms with van der Waals surface area (Å²) in [5.74, 6) is -2.47. The fourth-order valence-electron chi connectivity index (χ4n) is 4.02. The summed E-state index contributed by atoms with van der Waals surface area (Å²) in [6.45, 7) is 5.15. The molecular formula is C24H24ClN7O6. The minimum atomic E-state index is -1.13. The Bertz CT molecular complexity index is 1370. The molecule has 1 atom stereocenters. The van der Waals surface area contributed by atoms with Crippen molar-refractivity contribution in [3.05, 3.63) is 69.5 Å². The molecule has 0 spiro atoms. The molecule has 14 heteroatoms. The highest BCUT2D eigenvalue weighted by atomic mass is 35.5. The normalized spacial score (nSPS) is 14.9. The minimum Gasteiger partial charge on any atom is -0.458 e. The van der Waals surface area contributed by atoms with Crippen molar-refractivity contribution in [1.82, 2.24) is 25.1 Å². The van der Waals surface area contributed by atoms with Gasteiger partial charge < -0.3 is 14.5 Å². The van der Waals surface area contributed by atoms with E-state index in [1.165, 1.54) is 51.1 Å². The van der Waals surface area contributed by atoms with Gasteiger partial charge in [0, 0.05) is 36.7 Å². The number of nitrogens with zero attached hydrogens (tertiary/aromatic N) is 7. The van der Waals surface area contributed by atoms with Crippen molar-refractivity contribution in [2.75, 3.05) is 18.0 Å². The van der Waals surface area contributed by atoms with E-state index in [-0.39, 0.29) is 25.2 Å². The third-order valence-corrected chi connectivity index (χ3v) is 5.94. The van der Waals surface area contributed by atoms with Gasteiger partial charge in [-0.2, -0.15) is 4.68 Å². The van der Waals surface area contributed by atoms with Gasteiger partial charge in [0.1, 0.15) is 18.0 Å². The van der Waals surface area contributed by atoms with E-state index in [0.29, 0.717) is 22.0 Å². The first-order valence-corrected chi connectivity index (χ1v) is 11.9. The number of ether oxygens (including phenoxy) is 1. The van der Waals surface area contributed by atoms with Crippen LogP contribution in [0.1, 0.15) is 26.3 Å². The Morgan fingerprint density at radius 3 is 2.42 bits per heavy atom. The smallest absolute Gasteiger partial charge is 0.329 e. The lowest BCUT2D eigenvalue weighted by molar-refractivity contribution is -0.384. The number of hydrogen-bond acceptors (Lipinski definition) is 9. The number of carbonyl (C=O) groups excluding carboxylic acids is 3. The molecular weight excluding hydrogens is 518 g/mol. The van der Waals surface area contributed by atoms with Crippen LogP contribution >= 0.6 is 11.6 Å². The summed E-state index contributed by atoms with van der Waals surface area (Å²) in [6.07, 6.45) is 1.34. The van der Waals surface area contributed by atoms with Crippen LogP contribution in [0.4, 0.5) is 11.4 Å². The number of nitro benzene ring substituents is 1. The van der Waals surface area contributed by atoms with Crippen molar-refractivity contribution in [1.29, 1.82) is 0 Å². The molecule has 0 saturated carbocycles. The number of amides is 2. The largest absolute Gasteiger partial charge is 0.458 e. The maximum Gasteiger partial charge on any atom is 0.329 e. The molecule has 2 amide bonds. The average molecular weight is 542 g/mol. The topological polar surface area (TPSA) is 154 Å². The van der Waals surface area contributed by atoms with E-state index in [9.17, 15) is 24.5 Å². The molecule has 38 heavy (non-hydrogen) atoms. The fraction of sp³-hybridized carbons (Fsp3) is 0.333. The van der Waals surface area contributed by atoms with Crippen LogP contribution in [0.15, 0.2) is 48.8 Å². The van der Waals surface area contributed by atoms with Crippen molar-refractivity contribution in [2.24, 2.45) is 0 Å². The summed E-state index contributed by atoms with van der Waals surface area (Å²) in [4.78, 5) is 52.9. The summed E-state index contributed by atoms with van der Waals surface area (Å²) in [6, 6.07) is 9.25. The lowest BCUT2D eigenvalue weighted by Crippen LogP contribution is -2.60. The van der Waals surface area contributed by atoms with Crippen molar-refractivity contribution < 1.29 is 24.0 Å².